The number of Topliss-reactive ketones (excluding diaryl/α,β-unsaturated/α-hetero) is 1. The maximum absolute atomic E-state index is 14.6. The highest BCUT2D eigenvalue weighted by Gasteiger charge is 2.54. The number of primary amides is 1. The lowest BCUT2D eigenvalue weighted by Crippen LogP contribution is -2.61. The van der Waals surface area contributed by atoms with Crippen molar-refractivity contribution >= 4 is 35.5 Å². The largest absolute Gasteiger partial charge is 0.458 e. The van der Waals surface area contributed by atoms with Gasteiger partial charge < -0.3 is 31.3 Å². The number of nitrogens with one attached hydrogen (secondary N) is 3. The first-order valence-corrected chi connectivity index (χ1v) is 17.2. The molecule has 5 N–H and O–H groups in total. The molecule has 6 atom stereocenters. The van der Waals surface area contributed by atoms with Gasteiger partial charge in [-0.05, 0) is 93.1 Å². The minimum atomic E-state index is -1.10. The molecule has 3 fully saturated rings. The first kappa shape index (κ1) is 35.3. The van der Waals surface area contributed by atoms with Gasteiger partial charge in [0, 0.05) is 6.54 Å². The first-order chi connectivity index (χ1) is 22.4. The third-order valence-electron chi connectivity index (χ3n) is 10.2. The fraction of sp³-hybridized carbons (Fsp3) is 0.667. The van der Waals surface area contributed by atoms with Crippen LogP contribution in [0, 0.1) is 29.1 Å². The summed E-state index contributed by atoms with van der Waals surface area (Å²) in [6.45, 7) is 11.1. The number of benzene rings is 1. The number of nitrogens with zero attached hydrogens (tertiary/aromatic N) is 1. The summed E-state index contributed by atoms with van der Waals surface area (Å²) >= 11 is 0. The Morgan fingerprint density at radius 3 is 2.02 bits per heavy atom. The molecule has 3 aliphatic carbocycles. The van der Waals surface area contributed by atoms with Crippen LogP contribution >= 0.6 is 0 Å². The van der Waals surface area contributed by atoms with Gasteiger partial charge in [-0.2, -0.15) is 0 Å². The van der Waals surface area contributed by atoms with E-state index in [1.165, 1.54) is 0 Å². The number of carbonyl (C=O) groups is 6. The lowest BCUT2D eigenvalue weighted by atomic mass is 9.73. The summed E-state index contributed by atoms with van der Waals surface area (Å²) in [6, 6.07) is 3.33. The van der Waals surface area contributed by atoms with Crippen molar-refractivity contribution < 1.29 is 33.5 Å². The second-order valence-corrected chi connectivity index (χ2v) is 16.3. The van der Waals surface area contributed by atoms with Crippen molar-refractivity contribution in [3.63, 3.8) is 0 Å². The lowest BCUT2D eigenvalue weighted by molar-refractivity contribution is -0.160. The number of rotatable bonds is 11. The van der Waals surface area contributed by atoms with E-state index in [9.17, 15) is 28.8 Å². The van der Waals surface area contributed by atoms with Crippen LogP contribution in [0.15, 0.2) is 24.3 Å². The van der Waals surface area contributed by atoms with E-state index in [0.29, 0.717) is 25.8 Å². The molecule has 1 aromatic rings. The van der Waals surface area contributed by atoms with Crippen LogP contribution in [0.4, 0.5) is 4.79 Å². The van der Waals surface area contributed by atoms with Gasteiger partial charge in [0.15, 0.2) is 0 Å². The topological polar surface area (TPSA) is 177 Å². The SMILES string of the molecule is CC(C)(C)OC(=O)C(NC(=O)N[C@H](C(=O)N1C[C@@H]2CC[C@@H]2[C@H]1C(=O)NC(CC1CC1)C(=O)C(N)=O)C1Cc2ccccc2C1)C(C)(C)C. The quantitative estimate of drug-likeness (QED) is 0.207. The molecular weight excluding hydrogens is 614 g/mol. The number of hydrogen-bond donors (Lipinski definition) is 4. The molecule has 2 unspecified atom stereocenters. The van der Waals surface area contributed by atoms with Crippen molar-refractivity contribution in [3.8, 4) is 0 Å². The van der Waals surface area contributed by atoms with Crippen LogP contribution in [-0.2, 0) is 41.6 Å². The van der Waals surface area contributed by atoms with E-state index in [1.54, 1.807) is 25.7 Å². The summed E-state index contributed by atoms with van der Waals surface area (Å²) < 4.78 is 5.61. The number of likely N-dealkylation sites (tertiary alicyclic amines) is 1. The molecule has 1 heterocycles. The molecule has 1 aromatic carbocycles. The number of esters is 1. The van der Waals surface area contributed by atoms with E-state index in [-0.39, 0.29) is 29.6 Å². The van der Waals surface area contributed by atoms with Gasteiger partial charge in [-0.1, -0.05) is 57.9 Å². The van der Waals surface area contributed by atoms with Crippen molar-refractivity contribution in [1.29, 1.82) is 0 Å². The Kier molecular flexibility index (Phi) is 9.95. The van der Waals surface area contributed by atoms with Gasteiger partial charge in [-0.3, -0.25) is 19.2 Å². The molecule has 12 heteroatoms. The van der Waals surface area contributed by atoms with Gasteiger partial charge in [0.2, 0.25) is 17.6 Å². The summed E-state index contributed by atoms with van der Waals surface area (Å²) in [4.78, 5) is 81.5. The number of amides is 5. The average molecular weight is 666 g/mol. The second kappa shape index (κ2) is 13.5. The summed E-state index contributed by atoms with van der Waals surface area (Å²) in [5.41, 5.74) is 6.04. The van der Waals surface area contributed by atoms with Crippen molar-refractivity contribution in [2.45, 2.75) is 116 Å². The zero-order valence-corrected chi connectivity index (χ0v) is 29.0. The summed E-state index contributed by atoms with van der Waals surface area (Å²) in [7, 11) is 0. The number of carbonyl (C=O) groups excluding carboxylic acids is 6. The van der Waals surface area contributed by atoms with Crippen LogP contribution < -0.4 is 21.7 Å². The van der Waals surface area contributed by atoms with E-state index in [0.717, 1.165) is 36.8 Å². The number of hydrogen-bond acceptors (Lipinski definition) is 7. The van der Waals surface area contributed by atoms with E-state index in [2.05, 4.69) is 16.0 Å². The Hall–Kier alpha value is -3.96. The normalized spacial score (nSPS) is 23.9. The molecular formula is C36H51N5O7. The summed E-state index contributed by atoms with van der Waals surface area (Å²) in [5, 5.41) is 8.48. The summed E-state index contributed by atoms with van der Waals surface area (Å²) in [6.07, 6.45) is 4.88. The highest BCUT2D eigenvalue weighted by molar-refractivity contribution is 6.37. The predicted octanol–water partition coefficient (Wildman–Crippen LogP) is 2.40. The van der Waals surface area contributed by atoms with Gasteiger partial charge in [-0.25, -0.2) is 9.59 Å². The van der Waals surface area contributed by atoms with Crippen molar-refractivity contribution in [3.05, 3.63) is 35.4 Å². The van der Waals surface area contributed by atoms with E-state index >= 15 is 0 Å². The van der Waals surface area contributed by atoms with Gasteiger partial charge in [-0.15, -0.1) is 0 Å². The fourth-order valence-corrected chi connectivity index (χ4v) is 7.44. The van der Waals surface area contributed by atoms with Gasteiger partial charge in [0.25, 0.3) is 5.91 Å². The number of ether oxygens (including phenoxy) is 1. The van der Waals surface area contributed by atoms with Crippen LogP contribution in [0.25, 0.3) is 0 Å². The maximum atomic E-state index is 14.6. The Morgan fingerprint density at radius 2 is 1.52 bits per heavy atom. The van der Waals surface area contributed by atoms with Crippen molar-refractivity contribution in [1.82, 2.24) is 20.9 Å². The summed E-state index contributed by atoms with van der Waals surface area (Å²) in [5.74, 6) is -3.42. The van der Waals surface area contributed by atoms with Crippen molar-refractivity contribution in [2.75, 3.05) is 6.54 Å². The van der Waals surface area contributed by atoms with Gasteiger partial charge >= 0.3 is 12.0 Å². The average Bonchev–Trinajstić information content (AvgIpc) is 3.62. The highest BCUT2D eigenvalue weighted by atomic mass is 16.6. The van der Waals surface area contributed by atoms with Crippen molar-refractivity contribution in [2.24, 2.45) is 34.8 Å². The standard InChI is InChI=1S/C36H51N5O7/c1-35(2,3)29(33(46)48-36(4,5)6)40-34(47)39-26(23-16-20-9-7-8-10-21(20)17-23)32(45)41-18-22-13-14-24(22)27(41)31(44)38-25(15-19-11-12-19)28(42)30(37)43/h7-10,19,22-27,29H,11-18H2,1-6H3,(H2,37,43)(H,38,44)(H2,39,40,47)/t22-,24-,25?,26-,27-,29?/m0/s1. The lowest BCUT2D eigenvalue weighted by Gasteiger charge is -2.36. The number of ketones is 1. The van der Waals surface area contributed by atoms with Crippen LogP contribution in [0.1, 0.15) is 84.8 Å². The molecule has 262 valence electrons. The number of urea groups is 1. The Balaban J connectivity index is 1.39. The zero-order valence-electron chi connectivity index (χ0n) is 29.0. The van der Waals surface area contributed by atoms with E-state index < -0.39 is 64.8 Å². The molecule has 0 aromatic heterocycles. The number of fused-ring (bicyclic) bond motifs is 2. The smallest absolute Gasteiger partial charge is 0.329 e. The molecule has 12 nitrogen and oxygen atoms in total. The van der Waals surface area contributed by atoms with Crippen LogP contribution in [0.3, 0.4) is 0 Å². The molecule has 4 aliphatic rings. The van der Waals surface area contributed by atoms with Crippen LogP contribution in [0.2, 0.25) is 0 Å². The molecule has 1 saturated heterocycles. The molecule has 1 aliphatic heterocycles. The Morgan fingerprint density at radius 1 is 0.896 bits per heavy atom. The molecule has 0 radical (unpaired) electrons. The van der Waals surface area contributed by atoms with E-state index in [4.69, 9.17) is 10.5 Å². The molecule has 5 rings (SSSR count). The third kappa shape index (κ3) is 8.01. The fourth-order valence-electron chi connectivity index (χ4n) is 7.44. The Bertz CT molecular complexity index is 1430. The number of nitrogens with two attached hydrogens (primary N) is 1. The van der Waals surface area contributed by atoms with E-state index in [1.807, 2.05) is 45.0 Å². The predicted molar refractivity (Wildman–Crippen MR) is 177 cm³/mol. The highest BCUT2D eigenvalue weighted by Crippen LogP contribution is 2.46. The molecule has 2 saturated carbocycles. The first-order valence-electron chi connectivity index (χ1n) is 17.2. The second-order valence-electron chi connectivity index (χ2n) is 16.3. The van der Waals surface area contributed by atoms with Crippen LogP contribution in [0.5, 0.6) is 0 Å². The molecule has 0 spiro atoms. The monoisotopic (exact) mass is 665 g/mol. The molecule has 48 heavy (non-hydrogen) atoms. The maximum Gasteiger partial charge on any atom is 0.329 e. The van der Waals surface area contributed by atoms with Gasteiger partial charge in [0.1, 0.15) is 23.7 Å². The minimum Gasteiger partial charge on any atom is -0.458 e. The zero-order chi connectivity index (χ0) is 35.1. The molecule has 5 amide bonds. The third-order valence-corrected chi connectivity index (χ3v) is 10.2. The Labute approximate surface area is 282 Å². The minimum absolute atomic E-state index is 0.0908. The molecule has 0 bridgehead atoms. The van der Waals surface area contributed by atoms with Gasteiger partial charge in [0.05, 0.1) is 6.04 Å². The van der Waals surface area contributed by atoms with Crippen LogP contribution in [-0.4, -0.2) is 76.7 Å².